The molecule has 1 aromatic carbocycles. The van der Waals surface area contributed by atoms with Crippen molar-refractivity contribution in [3.63, 3.8) is 0 Å². The van der Waals surface area contributed by atoms with Crippen molar-refractivity contribution in [3.8, 4) is 17.2 Å². The number of aliphatic imine (C=N–C) groups is 1. The van der Waals surface area contributed by atoms with E-state index in [2.05, 4.69) is 11.6 Å². The maximum absolute atomic E-state index is 13.2. The van der Waals surface area contributed by atoms with E-state index in [9.17, 15) is 13.2 Å². The Morgan fingerprint density at radius 3 is 2.16 bits per heavy atom. The number of sulfone groups is 1. The quantitative estimate of drug-likeness (QED) is 0.552. The van der Waals surface area contributed by atoms with Gasteiger partial charge in [0.1, 0.15) is 23.3 Å². The molecular weight excluding hydrogens is 438 g/mol. The monoisotopic (exact) mass is 465 g/mol. The van der Waals surface area contributed by atoms with Crippen molar-refractivity contribution < 1.29 is 37.3 Å². The van der Waals surface area contributed by atoms with Crippen molar-refractivity contribution in [2.45, 2.75) is 25.8 Å². The number of carbonyl (C=O) groups is 1. The smallest absolute Gasteiger partial charge is 0.328 e. The van der Waals surface area contributed by atoms with E-state index in [1.807, 2.05) is 0 Å². The first-order chi connectivity index (χ1) is 15.1. The standard InChI is InChI=1S/C22H27NO8S/c1-13-9-17(23-14(2)22(24)25)21(31-6)20(10-13)32(26,27)8-7-16-18(29-4)11-15(28-3)12-19(16)30-5/h7-8,11-12,14H,1,9-10H2,2-6H3,(H,24,25). The minimum absolute atomic E-state index is 0.0313. The zero-order valence-electron chi connectivity index (χ0n) is 18.7. The second-order valence-electron chi connectivity index (χ2n) is 6.94. The van der Waals surface area contributed by atoms with Crippen molar-refractivity contribution in [1.82, 2.24) is 0 Å². The first-order valence-electron chi connectivity index (χ1n) is 9.54. The van der Waals surface area contributed by atoms with Crippen LogP contribution in [-0.2, 0) is 19.4 Å². The first-order valence-corrected chi connectivity index (χ1v) is 11.1. The third-order valence-electron chi connectivity index (χ3n) is 4.76. The number of carboxylic acid groups (broad SMARTS) is 1. The number of benzene rings is 1. The lowest BCUT2D eigenvalue weighted by molar-refractivity contribution is -0.137. The molecule has 9 nitrogen and oxygen atoms in total. The Morgan fingerprint density at radius 1 is 1.09 bits per heavy atom. The Morgan fingerprint density at radius 2 is 1.69 bits per heavy atom. The van der Waals surface area contributed by atoms with Crippen molar-refractivity contribution in [3.05, 3.63) is 45.9 Å². The lowest BCUT2D eigenvalue weighted by Crippen LogP contribution is -2.23. The van der Waals surface area contributed by atoms with E-state index in [4.69, 9.17) is 24.1 Å². The van der Waals surface area contributed by atoms with E-state index in [1.165, 1.54) is 41.4 Å². The summed E-state index contributed by atoms with van der Waals surface area (Å²) in [5, 5.41) is 10.2. The molecule has 1 N–H and O–H groups in total. The molecule has 0 amide bonds. The third-order valence-corrected chi connectivity index (χ3v) is 6.28. The molecule has 174 valence electrons. The fourth-order valence-electron chi connectivity index (χ4n) is 3.14. The number of carboxylic acids is 1. The van der Waals surface area contributed by atoms with Crippen LogP contribution in [0.25, 0.3) is 6.08 Å². The maximum Gasteiger partial charge on any atom is 0.328 e. The molecule has 0 heterocycles. The summed E-state index contributed by atoms with van der Waals surface area (Å²) in [5.74, 6) is 0.106. The van der Waals surface area contributed by atoms with Gasteiger partial charge in [-0.2, -0.15) is 0 Å². The Hall–Kier alpha value is -3.27. The summed E-state index contributed by atoms with van der Waals surface area (Å²) in [6.45, 7) is 5.28. The normalized spacial score (nSPS) is 16.9. The van der Waals surface area contributed by atoms with Crippen molar-refractivity contribution in [2.24, 2.45) is 4.99 Å². The molecule has 0 radical (unpaired) electrons. The molecule has 0 fully saturated rings. The van der Waals surface area contributed by atoms with Gasteiger partial charge in [0.2, 0.25) is 0 Å². The van der Waals surface area contributed by atoms with Crippen LogP contribution in [0.5, 0.6) is 17.2 Å². The van der Waals surface area contributed by atoms with Crippen LogP contribution in [-0.4, -0.2) is 59.7 Å². The molecule has 0 aromatic heterocycles. The number of methoxy groups -OCH3 is 4. The minimum Gasteiger partial charge on any atom is -0.496 e. The number of hydrogen-bond donors (Lipinski definition) is 1. The Bertz CT molecular complexity index is 1070. The van der Waals surface area contributed by atoms with Gasteiger partial charge >= 0.3 is 5.97 Å². The molecule has 10 heteroatoms. The van der Waals surface area contributed by atoms with Gasteiger partial charge in [-0.1, -0.05) is 12.2 Å². The molecule has 2 rings (SSSR count). The molecule has 1 aromatic rings. The molecule has 1 atom stereocenters. The Balaban J connectivity index is 2.59. The molecule has 0 aliphatic heterocycles. The highest BCUT2D eigenvalue weighted by Crippen LogP contribution is 2.37. The van der Waals surface area contributed by atoms with Crippen LogP contribution in [0.2, 0.25) is 0 Å². The molecule has 1 aliphatic carbocycles. The minimum atomic E-state index is -3.99. The first kappa shape index (κ1) is 25.0. The van der Waals surface area contributed by atoms with Gasteiger partial charge < -0.3 is 24.1 Å². The number of hydrogen-bond acceptors (Lipinski definition) is 8. The lowest BCUT2D eigenvalue weighted by Gasteiger charge is -2.22. The van der Waals surface area contributed by atoms with Crippen LogP contribution >= 0.6 is 0 Å². The summed E-state index contributed by atoms with van der Waals surface area (Å²) in [6, 6.07) is 2.15. The molecule has 0 bridgehead atoms. The average Bonchev–Trinajstić information content (AvgIpc) is 2.76. The van der Waals surface area contributed by atoms with Gasteiger partial charge in [0.15, 0.2) is 15.6 Å². The number of ether oxygens (including phenoxy) is 4. The molecular formula is C22H27NO8S. The van der Waals surface area contributed by atoms with E-state index in [0.717, 1.165) is 5.41 Å². The average molecular weight is 466 g/mol. The highest BCUT2D eigenvalue weighted by Gasteiger charge is 2.30. The number of nitrogens with zero attached hydrogens (tertiary/aromatic N) is 1. The van der Waals surface area contributed by atoms with Crippen LogP contribution in [0.15, 0.2) is 45.3 Å². The van der Waals surface area contributed by atoms with Crippen LogP contribution in [0.3, 0.4) is 0 Å². The summed E-state index contributed by atoms with van der Waals surface area (Å²) < 4.78 is 47.7. The van der Waals surface area contributed by atoms with Crippen LogP contribution in [0.1, 0.15) is 25.3 Å². The van der Waals surface area contributed by atoms with Gasteiger partial charge in [-0.15, -0.1) is 0 Å². The maximum atomic E-state index is 13.2. The zero-order chi connectivity index (χ0) is 24.1. The highest BCUT2D eigenvalue weighted by molar-refractivity contribution is 7.98. The van der Waals surface area contributed by atoms with Gasteiger partial charge in [-0.05, 0) is 13.0 Å². The van der Waals surface area contributed by atoms with E-state index in [1.54, 1.807) is 12.1 Å². The summed E-state index contributed by atoms with van der Waals surface area (Å²) in [7, 11) is 1.72. The van der Waals surface area contributed by atoms with Crippen molar-refractivity contribution >= 4 is 27.6 Å². The summed E-state index contributed by atoms with van der Waals surface area (Å²) in [4.78, 5) is 15.3. The lowest BCUT2D eigenvalue weighted by atomic mass is 9.98. The molecule has 1 unspecified atom stereocenters. The molecule has 1 aliphatic rings. The largest absolute Gasteiger partial charge is 0.496 e. The Labute approximate surface area is 187 Å². The van der Waals surface area contributed by atoms with Gasteiger partial charge in [0, 0.05) is 30.4 Å². The van der Waals surface area contributed by atoms with Crippen LogP contribution < -0.4 is 14.2 Å². The van der Waals surface area contributed by atoms with Gasteiger partial charge in [0.05, 0.1) is 44.6 Å². The summed E-state index contributed by atoms with van der Waals surface area (Å²) >= 11 is 0. The SMILES string of the molecule is C=C1CC(=NC(C)C(=O)O)C(OC)=C(S(=O)(=O)C=Cc2c(OC)cc(OC)cc2OC)C1. The predicted molar refractivity (Wildman–Crippen MR) is 121 cm³/mol. The van der Waals surface area contributed by atoms with Crippen LogP contribution in [0.4, 0.5) is 0 Å². The zero-order valence-corrected chi connectivity index (χ0v) is 19.5. The molecule has 0 saturated heterocycles. The Kier molecular flexibility index (Phi) is 8.09. The molecule has 0 spiro atoms. The van der Waals surface area contributed by atoms with E-state index in [-0.39, 0.29) is 29.2 Å². The highest BCUT2D eigenvalue weighted by atomic mass is 32.2. The number of allylic oxidation sites excluding steroid dienone is 3. The van der Waals surface area contributed by atoms with Gasteiger partial charge in [0.25, 0.3) is 0 Å². The topological polar surface area (TPSA) is 121 Å². The number of aliphatic carboxylic acids is 1. The number of rotatable bonds is 9. The third kappa shape index (κ3) is 5.50. The van der Waals surface area contributed by atoms with Crippen molar-refractivity contribution in [2.75, 3.05) is 28.4 Å². The predicted octanol–water partition coefficient (Wildman–Crippen LogP) is 3.22. The van der Waals surface area contributed by atoms with E-state index in [0.29, 0.717) is 28.4 Å². The molecule has 32 heavy (non-hydrogen) atoms. The van der Waals surface area contributed by atoms with E-state index < -0.39 is 21.8 Å². The fraction of sp³-hybridized carbons (Fsp3) is 0.364. The summed E-state index contributed by atoms with van der Waals surface area (Å²) in [6.07, 6.45) is 1.64. The second-order valence-corrected chi connectivity index (χ2v) is 8.80. The fourth-order valence-corrected chi connectivity index (χ4v) is 4.48. The van der Waals surface area contributed by atoms with Crippen molar-refractivity contribution in [1.29, 1.82) is 0 Å². The van der Waals surface area contributed by atoms with Gasteiger partial charge in [-0.25, -0.2) is 13.2 Å². The molecule has 0 saturated carbocycles. The second kappa shape index (κ2) is 10.4. The summed E-state index contributed by atoms with van der Waals surface area (Å²) in [5.41, 5.74) is 1.21. The van der Waals surface area contributed by atoms with Gasteiger partial charge in [-0.3, -0.25) is 4.99 Å². The van der Waals surface area contributed by atoms with Crippen LogP contribution in [0, 0.1) is 0 Å². The van der Waals surface area contributed by atoms with E-state index >= 15 is 0 Å².